The molecule has 21 heavy (non-hydrogen) atoms. The number of para-hydroxylation sites is 1. The third-order valence-corrected chi connectivity index (χ3v) is 3.30. The molecule has 1 rings (SSSR count). The lowest BCUT2D eigenvalue weighted by molar-refractivity contribution is -0.130. The minimum absolute atomic E-state index is 0.197. The highest BCUT2D eigenvalue weighted by Crippen LogP contribution is 2.10. The van der Waals surface area contributed by atoms with Gasteiger partial charge in [0.25, 0.3) is 0 Å². The molecule has 1 atom stereocenters. The van der Waals surface area contributed by atoms with Crippen molar-refractivity contribution in [2.45, 2.75) is 45.7 Å². The maximum absolute atomic E-state index is 12.0. The molecule has 5 nitrogen and oxygen atoms in total. The normalized spacial score (nSPS) is 11.9. The van der Waals surface area contributed by atoms with E-state index in [1.165, 1.54) is 6.92 Å². The van der Waals surface area contributed by atoms with E-state index in [1.807, 2.05) is 18.2 Å². The third-order valence-electron chi connectivity index (χ3n) is 3.30. The number of nitrogen functional groups attached to an aromatic ring is 1. The Hall–Kier alpha value is -1.88. The number of amides is 1. The maximum atomic E-state index is 12.0. The highest BCUT2D eigenvalue weighted by molar-refractivity contribution is 6.04. The van der Waals surface area contributed by atoms with Gasteiger partial charge in [-0.2, -0.15) is 0 Å². The number of ketones is 1. The number of unbranched alkanes of at least 4 members (excludes halogenated alkanes) is 2. The predicted molar refractivity (Wildman–Crippen MR) is 84.7 cm³/mol. The van der Waals surface area contributed by atoms with E-state index in [2.05, 4.69) is 17.6 Å². The molecule has 0 aliphatic heterocycles. The second-order valence-electron chi connectivity index (χ2n) is 5.12. The van der Waals surface area contributed by atoms with Crippen molar-refractivity contribution in [1.29, 1.82) is 0 Å². The molecule has 0 bridgehead atoms. The van der Waals surface area contributed by atoms with Crippen molar-refractivity contribution in [3.63, 3.8) is 0 Å². The number of nitrogens with two attached hydrogens (primary N) is 1. The second kappa shape index (κ2) is 9.13. The number of nitrogens with one attached hydrogen (secondary N) is 2. The number of hydrogen-bond acceptors (Lipinski definition) is 4. The summed E-state index contributed by atoms with van der Waals surface area (Å²) in [5.41, 5.74) is 7.37. The number of hydrogen-bond donors (Lipinski definition) is 3. The van der Waals surface area contributed by atoms with Gasteiger partial charge in [0.2, 0.25) is 5.91 Å². The topological polar surface area (TPSA) is 84.2 Å². The quantitative estimate of drug-likeness (QED) is 0.367. The van der Waals surface area contributed by atoms with Crippen molar-refractivity contribution < 1.29 is 9.59 Å². The lowest BCUT2D eigenvalue weighted by atomic mass is 10.1. The zero-order chi connectivity index (χ0) is 15.7. The molecular weight excluding hydrogens is 266 g/mol. The third kappa shape index (κ3) is 5.95. The molecule has 1 unspecified atom stereocenters. The molecule has 0 saturated carbocycles. The van der Waals surface area contributed by atoms with Crippen molar-refractivity contribution in [3.05, 3.63) is 29.8 Å². The summed E-state index contributed by atoms with van der Waals surface area (Å²) in [4.78, 5) is 23.7. The summed E-state index contributed by atoms with van der Waals surface area (Å²) in [5, 5.41) is 5.77. The molecule has 0 heterocycles. The monoisotopic (exact) mass is 291 g/mol. The van der Waals surface area contributed by atoms with Crippen molar-refractivity contribution in [3.8, 4) is 0 Å². The van der Waals surface area contributed by atoms with E-state index in [-0.39, 0.29) is 11.7 Å². The van der Waals surface area contributed by atoms with Crippen LogP contribution in [0.3, 0.4) is 0 Å². The van der Waals surface area contributed by atoms with Crippen molar-refractivity contribution >= 4 is 17.4 Å². The van der Waals surface area contributed by atoms with Gasteiger partial charge in [0, 0.05) is 18.8 Å². The Kier molecular flexibility index (Phi) is 7.46. The highest BCUT2D eigenvalue weighted by atomic mass is 16.2. The van der Waals surface area contributed by atoms with Crippen LogP contribution in [0.25, 0.3) is 0 Å². The number of carbonyl (C=O) groups is 2. The van der Waals surface area contributed by atoms with Gasteiger partial charge in [-0.1, -0.05) is 38.0 Å². The molecule has 1 amide bonds. The summed E-state index contributed by atoms with van der Waals surface area (Å²) in [6.07, 6.45) is 3.09. The molecule has 0 aromatic heterocycles. The first-order valence-corrected chi connectivity index (χ1v) is 7.41. The lowest BCUT2D eigenvalue weighted by Crippen LogP contribution is -2.48. The van der Waals surface area contributed by atoms with Crippen LogP contribution >= 0.6 is 0 Å². The smallest absolute Gasteiger partial charge is 0.244 e. The number of Topliss-reactive ketones (excluding diaryl/α,β-unsaturated/α-hetero) is 1. The van der Waals surface area contributed by atoms with E-state index in [0.29, 0.717) is 18.8 Å². The molecule has 0 spiro atoms. The minimum atomic E-state index is -0.828. The summed E-state index contributed by atoms with van der Waals surface area (Å²) in [7, 11) is 0. The fourth-order valence-electron chi connectivity index (χ4n) is 2.02. The molecule has 0 fully saturated rings. The predicted octanol–water partition coefficient (Wildman–Crippen LogP) is 1.62. The van der Waals surface area contributed by atoms with Crippen molar-refractivity contribution in [2.75, 3.05) is 12.3 Å². The van der Waals surface area contributed by atoms with Crippen LogP contribution in [0.2, 0.25) is 0 Å². The van der Waals surface area contributed by atoms with E-state index < -0.39 is 6.04 Å². The first kappa shape index (κ1) is 17.2. The van der Waals surface area contributed by atoms with Crippen molar-refractivity contribution in [2.24, 2.45) is 0 Å². The summed E-state index contributed by atoms with van der Waals surface area (Å²) in [6.45, 7) is 4.51. The molecule has 0 aliphatic carbocycles. The van der Waals surface area contributed by atoms with Gasteiger partial charge < -0.3 is 11.1 Å². The van der Waals surface area contributed by atoms with Crippen LogP contribution in [0.15, 0.2) is 24.3 Å². The van der Waals surface area contributed by atoms with E-state index in [1.54, 1.807) is 6.07 Å². The van der Waals surface area contributed by atoms with Gasteiger partial charge in [0.15, 0.2) is 5.78 Å². The number of benzene rings is 1. The van der Waals surface area contributed by atoms with E-state index in [4.69, 9.17) is 5.73 Å². The van der Waals surface area contributed by atoms with Crippen molar-refractivity contribution in [1.82, 2.24) is 10.6 Å². The molecule has 4 N–H and O–H groups in total. The van der Waals surface area contributed by atoms with E-state index in [9.17, 15) is 9.59 Å². The molecule has 1 aromatic carbocycles. The van der Waals surface area contributed by atoms with Crippen LogP contribution in [-0.4, -0.2) is 24.3 Å². The average Bonchev–Trinajstić information content (AvgIpc) is 2.45. The van der Waals surface area contributed by atoms with Gasteiger partial charge in [0.1, 0.15) is 6.04 Å². The highest BCUT2D eigenvalue weighted by Gasteiger charge is 2.22. The Bertz CT molecular complexity index is 474. The molecule has 0 aliphatic rings. The summed E-state index contributed by atoms with van der Waals surface area (Å²) in [5.74, 6) is -0.467. The first-order chi connectivity index (χ1) is 10.1. The van der Waals surface area contributed by atoms with Gasteiger partial charge in [-0.15, -0.1) is 0 Å². The molecule has 1 aromatic rings. The van der Waals surface area contributed by atoms with Crippen LogP contribution in [0.1, 0.15) is 38.7 Å². The summed E-state index contributed by atoms with van der Waals surface area (Å²) >= 11 is 0. The van der Waals surface area contributed by atoms with Crippen LogP contribution in [0, 0.1) is 0 Å². The first-order valence-electron chi connectivity index (χ1n) is 7.41. The maximum Gasteiger partial charge on any atom is 0.244 e. The zero-order valence-corrected chi connectivity index (χ0v) is 12.8. The zero-order valence-electron chi connectivity index (χ0n) is 12.8. The second-order valence-corrected chi connectivity index (χ2v) is 5.12. The standard InChI is InChI=1S/C16H25N3O2/c1-3-4-7-10-18-16(21)15(12(2)20)19-11-13-8-5-6-9-14(13)17/h5-6,8-9,15,19H,3-4,7,10-11,17H2,1-2H3,(H,18,21). The van der Waals surface area contributed by atoms with E-state index in [0.717, 1.165) is 24.8 Å². The van der Waals surface area contributed by atoms with Gasteiger partial charge in [-0.3, -0.25) is 14.9 Å². The fourth-order valence-corrected chi connectivity index (χ4v) is 2.02. The SMILES string of the molecule is CCCCCNC(=O)C(NCc1ccccc1N)C(C)=O. The largest absolute Gasteiger partial charge is 0.398 e. The Morgan fingerprint density at radius 3 is 2.57 bits per heavy atom. The Morgan fingerprint density at radius 1 is 1.24 bits per heavy atom. The van der Waals surface area contributed by atoms with Crippen LogP contribution < -0.4 is 16.4 Å². The molecule has 0 radical (unpaired) electrons. The molecule has 5 heteroatoms. The Labute approximate surface area is 126 Å². The molecular formula is C16H25N3O2. The summed E-state index contributed by atoms with van der Waals surface area (Å²) < 4.78 is 0. The van der Waals surface area contributed by atoms with E-state index >= 15 is 0 Å². The van der Waals surface area contributed by atoms with Gasteiger partial charge in [-0.25, -0.2) is 0 Å². The molecule has 116 valence electrons. The van der Waals surface area contributed by atoms with Gasteiger partial charge in [-0.05, 0) is 25.0 Å². The van der Waals surface area contributed by atoms with Crippen LogP contribution in [0.4, 0.5) is 5.69 Å². The fraction of sp³-hybridized carbons (Fsp3) is 0.500. The molecule has 0 saturated heterocycles. The Balaban J connectivity index is 2.52. The number of anilines is 1. The van der Waals surface area contributed by atoms with Gasteiger partial charge >= 0.3 is 0 Å². The number of rotatable bonds is 9. The van der Waals surface area contributed by atoms with Gasteiger partial charge in [0.05, 0.1) is 0 Å². The average molecular weight is 291 g/mol. The Morgan fingerprint density at radius 2 is 1.95 bits per heavy atom. The number of carbonyl (C=O) groups excluding carboxylic acids is 2. The minimum Gasteiger partial charge on any atom is -0.398 e. The van der Waals surface area contributed by atoms with Crippen LogP contribution in [0.5, 0.6) is 0 Å². The summed E-state index contributed by atoms with van der Waals surface area (Å²) in [6, 6.07) is 6.57. The lowest BCUT2D eigenvalue weighted by Gasteiger charge is -2.16. The van der Waals surface area contributed by atoms with Crippen LogP contribution in [-0.2, 0) is 16.1 Å².